The fraction of sp³-hybridized carbons (Fsp3) is 0.250. The van der Waals surface area contributed by atoms with Crippen LogP contribution in [0, 0.1) is 12.7 Å². The Bertz CT molecular complexity index is 1070. The summed E-state index contributed by atoms with van der Waals surface area (Å²) < 4.78 is 15.5. The molecule has 0 bridgehead atoms. The van der Waals surface area contributed by atoms with Crippen molar-refractivity contribution in [1.82, 2.24) is 15.2 Å². The molecular weight excluding hydrogens is 379 g/mol. The average molecular weight is 407 g/mol. The van der Waals surface area contributed by atoms with Crippen molar-refractivity contribution in [3.05, 3.63) is 105 Å². The van der Waals surface area contributed by atoms with E-state index in [0.717, 1.165) is 16.7 Å². The Labute approximate surface area is 176 Å². The van der Waals surface area contributed by atoms with E-state index in [-0.39, 0.29) is 17.4 Å². The highest BCUT2D eigenvalue weighted by Crippen LogP contribution is 2.16. The molecule has 0 aliphatic heterocycles. The van der Waals surface area contributed by atoms with Crippen LogP contribution in [0.2, 0.25) is 0 Å². The first-order valence-electron chi connectivity index (χ1n) is 9.93. The van der Waals surface area contributed by atoms with E-state index in [2.05, 4.69) is 15.6 Å². The zero-order chi connectivity index (χ0) is 21.5. The predicted molar refractivity (Wildman–Crippen MR) is 119 cm³/mol. The highest BCUT2D eigenvalue weighted by molar-refractivity contribution is 5.80. The second kappa shape index (κ2) is 9.87. The van der Waals surface area contributed by atoms with Gasteiger partial charge in [-0.25, -0.2) is 4.39 Å². The topological polar surface area (TPSA) is 58.4 Å². The summed E-state index contributed by atoms with van der Waals surface area (Å²) in [5.41, 5.74) is 3.64. The summed E-state index contributed by atoms with van der Waals surface area (Å²) in [6.07, 6.45) is 1.79. The van der Waals surface area contributed by atoms with Crippen LogP contribution in [0.3, 0.4) is 0 Å². The molecule has 0 aliphatic rings. The number of aryl methyl sites for hydroxylation is 1. The lowest BCUT2D eigenvalue weighted by molar-refractivity contribution is 0.607. The van der Waals surface area contributed by atoms with E-state index < -0.39 is 0 Å². The van der Waals surface area contributed by atoms with E-state index in [9.17, 15) is 9.18 Å². The van der Waals surface area contributed by atoms with Crippen LogP contribution in [0.4, 0.5) is 4.39 Å². The van der Waals surface area contributed by atoms with E-state index in [1.165, 1.54) is 0 Å². The van der Waals surface area contributed by atoms with Crippen molar-refractivity contribution in [2.24, 2.45) is 4.99 Å². The van der Waals surface area contributed by atoms with Crippen molar-refractivity contribution in [1.29, 1.82) is 0 Å². The van der Waals surface area contributed by atoms with Crippen LogP contribution in [0.15, 0.2) is 76.6 Å². The van der Waals surface area contributed by atoms with E-state index in [0.29, 0.717) is 24.6 Å². The van der Waals surface area contributed by atoms with Crippen LogP contribution in [0.25, 0.3) is 0 Å². The summed E-state index contributed by atoms with van der Waals surface area (Å²) in [6.45, 7) is 4.86. The Kier molecular flexibility index (Phi) is 7.01. The first-order valence-corrected chi connectivity index (χ1v) is 9.93. The number of hydrogen-bond donors (Lipinski definition) is 2. The predicted octanol–water partition coefficient (Wildman–Crippen LogP) is 3.77. The number of halogens is 1. The number of benzene rings is 2. The number of hydrogen-bond acceptors (Lipinski definition) is 2. The lowest BCUT2D eigenvalue weighted by atomic mass is 10.1. The van der Waals surface area contributed by atoms with Crippen LogP contribution < -0.4 is 16.2 Å². The number of aliphatic imine (C=N–C) groups is 1. The van der Waals surface area contributed by atoms with E-state index in [1.807, 2.05) is 43.3 Å². The molecule has 3 rings (SSSR count). The van der Waals surface area contributed by atoms with Gasteiger partial charge in [-0.2, -0.15) is 0 Å². The lowest BCUT2D eigenvalue weighted by Gasteiger charge is -2.19. The number of pyridine rings is 1. The molecule has 5 nitrogen and oxygen atoms in total. The molecule has 3 aromatic rings. The summed E-state index contributed by atoms with van der Waals surface area (Å²) in [5.74, 6) is 0.436. The minimum absolute atomic E-state index is 0.0132. The minimum Gasteiger partial charge on any atom is -0.352 e. The molecule has 1 unspecified atom stereocenters. The van der Waals surface area contributed by atoms with Gasteiger partial charge in [-0.15, -0.1) is 0 Å². The third-order valence-corrected chi connectivity index (χ3v) is 5.01. The Hall–Kier alpha value is -3.41. The summed E-state index contributed by atoms with van der Waals surface area (Å²) in [7, 11) is 1.71. The molecule has 0 radical (unpaired) electrons. The maximum atomic E-state index is 13.8. The number of nitrogens with one attached hydrogen (secondary N) is 2. The highest BCUT2D eigenvalue weighted by atomic mass is 19.1. The number of aromatic nitrogens is 1. The minimum atomic E-state index is -0.207. The van der Waals surface area contributed by atoms with Crippen molar-refractivity contribution < 1.29 is 4.39 Å². The van der Waals surface area contributed by atoms with Gasteiger partial charge < -0.3 is 15.2 Å². The lowest BCUT2D eigenvalue weighted by Crippen LogP contribution is -2.38. The summed E-state index contributed by atoms with van der Waals surface area (Å²) in [6, 6.07) is 18.4. The normalized spacial score (nSPS) is 12.5. The van der Waals surface area contributed by atoms with Crippen LogP contribution in [0.1, 0.15) is 35.2 Å². The Balaban J connectivity index is 1.56. The van der Waals surface area contributed by atoms with Gasteiger partial charge in [-0.05, 0) is 48.2 Å². The van der Waals surface area contributed by atoms with Crippen molar-refractivity contribution in [2.45, 2.75) is 33.0 Å². The highest BCUT2D eigenvalue weighted by Gasteiger charge is 2.10. The second-order valence-corrected chi connectivity index (χ2v) is 7.28. The molecule has 1 aromatic heterocycles. The molecule has 0 fully saturated rings. The van der Waals surface area contributed by atoms with E-state index >= 15 is 0 Å². The first kappa shape index (κ1) is 21.3. The fourth-order valence-corrected chi connectivity index (χ4v) is 3.10. The maximum absolute atomic E-state index is 13.8. The zero-order valence-corrected chi connectivity index (χ0v) is 17.5. The van der Waals surface area contributed by atoms with E-state index in [4.69, 9.17) is 0 Å². The molecule has 156 valence electrons. The summed E-state index contributed by atoms with van der Waals surface area (Å²) in [5, 5.41) is 6.56. The molecule has 0 saturated carbocycles. The molecule has 1 heterocycles. The van der Waals surface area contributed by atoms with Crippen molar-refractivity contribution in [2.75, 3.05) is 7.05 Å². The van der Waals surface area contributed by atoms with Gasteiger partial charge in [-0.3, -0.25) is 9.79 Å². The van der Waals surface area contributed by atoms with Crippen molar-refractivity contribution in [3.8, 4) is 0 Å². The van der Waals surface area contributed by atoms with Gasteiger partial charge in [-0.1, -0.05) is 42.5 Å². The number of guanidine groups is 1. The molecule has 2 N–H and O–H groups in total. The Morgan fingerprint density at radius 3 is 2.50 bits per heavy atom. The van der Waals surface area contributed by atoms with Gasteiger partial charge >= 0.3 is 0 Å². The molecule has 2 aromatic carbocycles. The molecule has 0 saturated heterocycles. The first-order chi connectivity index (χ1) is 14.5. The standard InChI is InChI=1S/C24H27FN4O/c1-17-7-12-21(14-22(17)25)18(2)28-24(26-3)27-15-19-8-10-20(11-9-19)16-29-13-5-4-6-23(29)30/h4-14,18H,15-16H2,1-3H3,(H2,26,27,28). The van der Waals surface area contributed by atoms with Crippen LogP contribution in [-0.2, 0) is 13.1 Å². The summed E-state index contributed by atoms with van der Waals surface area (Å²) >= 11 is 0. The maximum Gasteiger partial charge on any atom is 0.250 e. The third kappa shape index (κ3) is 5.56. The SMILES string of the molecule is CN=C(NCc1ccc(Cn2ccccc2=O)cc1)NC(C)c1ccc(C)c(F)c1. The van der Waals surface area contributed by atoms with Gasteiger partial charge in [0.25, 0.3) is 5.56 Å². The zero-order valence-electron chi connectivity index (χ0n) is 17.5. The van der Waals surface area contributed by atoms with Crippen LogP contribution in [0.5, 0.6) is 0 Å². The number of nitrogens with zero attached hydrogens (tertiary/aromatic N) is 2. The van der Waals surface area contributed by atoms with Crippen molar-refractivity contribution in [3.63, 3.8) is 0 Å². The monoisotopic (exact) mass is 406 g/mol. The molecule has 0 aliphatic carbocycles. The Morgan fingerprint density at radius 2 is 1.83 bits per heavy atom. The van der Waals surface area contributed by atoms with Gasteiger partial charge in [0.15, 0.2) is 5.96 Å². The van der Waals surface area contributed by atoms with Gasteiger partial charge in [0.1, 0.15) is 5.82 Å². The largest absolute Gasteiger partial charge is 0.352 e. The van der Waals surface area contributed by atoms with Gasteiger partial charge in [0.05, 0.1) is 12.6 Å². The van der Waals surface area contributed by atoms with Gasteiger partial charge in [0.2, 0.25) is 0 Å². The quantitative estimate of drug-likeness (QED) is 0.484. The smallest absolute Gasteiger partial charge is 0.250 e. The third-order valence-electron chi connectivity index (χ3n) is 5.01. The van der Waals surface area contributed by atoms with E-state index in [1.54, 1.807) is 49.0 Å². The van der Waals surface area contributed by atoms with Crippen molar-refractivity contribution >= 4 is 5.96 Å². The summed E-state index contributed by atoms with van der Waals surface area (Å²) in [4.78, 5) is 16.1. The molecular formula is C24H27FN4O. The molecule has 0 spiro atoms. The fourth-order valence-electron chi connectivity index (χ4n) is 3.10. The average Bonchev–Trinajstić information content (AvgIpc) is 2.75. The molecule has 0 amide bonds. The second-order valence-electron chi connectivity index (χ2n) is 7.28. The van der Waals surface area contributed by atoms with Gasteiger partial charge in [0, 0.05) is 25.9 Å². The van der Waals surface area contributed by atoms with Crippen LogP contribution in [-0.4, -0.2) is 17.6 Å². The number of rotatable bonds is 6. The molecule has 1 atom stereocenters. The van der Waals surface area contributed by atoms with Crippen LogP contribution >= 0.6 is 0 Å². The Morgan fingerprint density at radius 1 is 1.10 bits per heavy atom. The molecule has 6 heteroatoms. The molecule has 30 heavy (non-hydrogen) atoms.